The van der Waals surface area contributed by atoms with Crippen LogP contribution >= 0.6 is 0 Å². The number of carbonyl (C=O) groups excluding carboxylic acids is 1. The molecule has 1 fully saturated rings. The van der Waals surface area contributed by atoms with Gasteiger partial charge in [0.25, 0.3) is 0 Å². The minimum absolute atomic E-state index is 0.192. The second kappa shape index (κ2) is 4.41. The van der Waals surface area contributed by atoms with Gasteiger partial charge >= 0.3 is 0 Å². The number of Topliss-reactive ketones (excluding diaryl/α,β-unsaturated/α-hetero) is 1. The zero-order chi connectivity index (χ0) is 10.8. The number of piperidine rings is 1. The van der Waals surface area contributed by atoms with Crippen molar-refractivity contribution in [2.45, 2.75) is 39.2 Å². The van der Waals surface area contributed by atoms with Gasteiger partial charge in [0.05, 0.1) is 5.54 Å². The van der Waals surface area contributed by atoms with E-state index in [1.54, 1.807) is 0 Å². The standard InChI is InChI=1S/C11H22N2O/c1-4-13-7-5-9(6-8-13)10(14)11(2,3)12/h9H,4-8,12H2,1-3H3. The molecule has 3 heteroatoms. The van der Waals surface area contributed by atoms with Gasteiger partial charge in [0, 0.05) is 5.92 Å². The topological polar surface area (TPSA) is 46.3 Å². The van der Waals surface area contributed by atoms with E-state index >= 15 is 0 Å². The molecule has 0 atom stereocenters. The first-order valence-electron chi connectivity index (χ1n) is 5.50. The number of carbonyl (C=O) groups is 1. The maximum Gasteiger partial charge on any atom is 0.155 e. The molecule has 0 aliphatic carbocycles. The van der Waals surface area contributed by atoms with Crippen molar-refractivity contribution in [2.24, 2.45) is 11.7 Å². The van der Waals surface area contributed by atoms with E-state index in [0.717, 1.165) is 32.5 Å². The molecule has 0 spiro atoms. The predicted molar refractivity (Wildman–Crippen MR) is 58.1 cm³/mol. The zero-order valence-electron chi connectivity index (χ0n) is 9.55. The van der Waals surface area contributed by atoms with E-state index < -0.39 is 5.54 Å². The Labute approximate surface area is 86.6 Å². The molecule has 3 nitrogen and oxygen atoms in total. The number of nitrogens with zero attached hydrogens (tertiary/aromatic N) is 1. The van der Waals surface area contributed by atoms with Crippen LogP contribution in [0, 0.1) is 5.92 Å². The summed E-state index contributed by atoms with van der Waals surface area (Å²) < 4.78 is 0. The summed E-state index contributed by atoms with van der Waals surface area (Å²) in [6.07, 6.45) is 1.96. The Balaban J connectivity index is 2.46. The predicted octanol–water partition coefficient (Wildman–Crippen LogP) is 1.02. The molecule has 1 aliphatic heterocycles. The molecular formula is C11H22N2O. The number of hydrogen-bond donors (Lipinski definition) is 1. The summed E-state index contributed by atoms with van der Waals surface area (Å²) in [5.74, 6) is 0.422. The minimum atomic E-state index is -0.654. The largest absolute Gasteiger partial charge is 0.319 e. The molecule has 82 valence electrons. The number of likely N-dealkylation sites (tertiary alicyclic amines) is 1. The third-order valence-electron chi connectivity index (χ3n) is 3.04. The Morgan fingerprint density at radius 2 is 1.93 bits per heavy atom. The van der Waals surface area contributed by atoms with Gasteiger partial charge in [-0.2, -0.15) is 0 Å². The first-order chi connectivity index (χ1) is 6.45. The monoisotopic (exact) mass is 198 g/mol. The molecule has 1 heterocycles. The zero-order valence-corrected chi connectivity index (χ0v) is 9.55. The van der Waals surface area contributed by atoms with Crippen molar-refractivity contribution in [1.82, 2.24) is 4.90 Å². The quantitative estimate of drug-likeness (QED) is 0.736. The smallest absolute Gasteiger partial charge is 0.155 e. The highest BCUT2D eigenvalue weighted by Gasteiger charge is 2.32. The van der Waals surface area contributed by atoms with Gasteiger partial charge in [-0.1, -0.05) is 6.92 Å². The lowest BCUT2D eigenvalue weighted by atomic mass is 9.83. The Morgan fingerprint density at radius 1 is 1.43 bits per heavy atom. The SMILES string of the molecule is CCN1CCC(C(=O)C(C)(C)N)CC1. The molecular weight excluding hydrogens is 176 g/mol. The molecule has 0 amide bonds. The summed E-state index contributed by atoms with van der Waals surface area (Å²) in [4.78, 5) is 14.3. The van der Waals surface area contributed by atoms with Crippen molar-refractivity contribution >= 4 is 5.78 Å². The Kier molecular flexibility index (Phi) is 3.67. The summed E-state index contributed by atoms with van der Waals surface area (Å²) in [6.45, 7) is 8.96. The van der Waals surface area contributed by atoms with E-state index in [2.05, 4.69) is 11.8 Å². The first kappa shape index (κ1) is 11.7. The van der Waals surface area contributed by atoms with Gasteiger partial charge in [0.1, 0.15) is 0 Å². The van der Waals surface area contributed by atoms with Crippen LogP contribution in [0.25, 0.3) is 0 Å². The van der Waals surface area contributed by atoms with Crippen LogP contribution in [-0.2, 0) is 4.79 Å². The van der Waals surface area contributed by atoms with Crippen LogP contribution in [-0.4, -0.2) is 35.9 Å². The summed E-state index contributed by atoms with van der Waals surface area (Å²) in [5.41, 5.74) is 5.16. The van der Waals surface area contributed by atoms with Crippen LogP contribution in [0.1, 0.15) is 33.6 Å². The number of hydrogen-bond acceptors (Lipinski definition) is 3. The van der Waals surface area contributed by atoms with Gasteiger partial charge in [0.2, 0.25) is 0 Å². The van der Waals surface area contributed by atoms with Crippen molar-refractivity contribution in [1.29, 1.82) is 0 Å². The second-order valence-corrected chi connectivity index (χ2v) is 4.79. The number of ketones is 1. The van der Waals surface area contributed by atoms with E-state index in [4.69, 9.17) is 5.73 Å². The molecule has 1 saturated heterocycles. The van der Waals surface area contributed by atoms with Gasteiger partial charge < -0.3 is 10.6 Å². The highest BCUT2D eigenvalue weighted by molar-refractivity contribution is 5.89. The van der Waals surface area contributed by atoms with E-state index in [-0.39, 0.29) is 11.7 Å². The van der Waals surface area contributed by atoms with Crippen molar-refractivity contribution in [3.63, 3.8) is 0 Å². The summed E-state index contributed by atoms with van der Waals surface area (Å²) >= 11 is 0. The van der Waals surface area contributed by atoms with Gasteiger partial charge in [-0.05, 0) is 46.3 Å². The van der Waals surface area contributed by atoms with E-state index in [9.17, 15) is 4.79 Å². The summed E-state index contributed by atoms with van der Waals surface area (Å²) in [6, 6.07) is 0. The van der Waals surface area contributed by atoms with E-state index in [1.807, 2.05) is 13.8 Å². The highest BCUT2D eigenvalue weighted by atomic mass is 16.1. The van der Waals surface area contributed by atoms with Crippen LogP contribution in [0.4, 0.5) is 0 Å². The molecule has 0 aromatic carbocycles. The molecule has 14 heavy (non-hydrogen) atoms. The third-order valence-corrected chi connectivity index (χ3v) is 3.04. The van der Waals surface area contributed by atoms with E-state index in [0.29, 0.717) is 0 Å². The fourth-order valence-corrected chi connectivity index (χ4v) is 2.04. The summed E-state index contributed by atoms with van der Waals surface area (Å²) in [5, 5.41) is 0. The number of nitrogens with two attached hydrogens (primary N) is 1. The van der Waals surface area contributed by atoms with Crippen LogP contribution in [0.15, 0.2) is 0 Å². The van der Waals surface area contributed by atoms with Gasteiger partial charge in [-0.25, -0.2) is 0 Å². The van der Waals surface area contributed by atoms with Crippen molar-refractivity contribution in [3.05, 3.63) is 0 Å². The molecule has 0 radical (unpaired) electrons. The van der Waals surface area contributed by atoms with Gasteiger partial charge in [-0.3, -0.25) is 4.79 Å². The second-order valence-electron chi connectivity index (χ2n) is 4.79. The Hall–Kier alpha value is -0.410. The minimum Gasteiger partial charge on any atom is -0.319 e. The van der Waals surface area contributed by atoms with Crippen molar-refractivity contribution < 1.29 is 4.79 Å². The van der Waals surface area contributed by atoms with Gasteiger partial charge in [-0.15, -0.1) is 0 Å². The first-order valence-corrected chi connectivity index (χ1v) is 5.50. The van der Waals surface area contributed by atoms with Gasteiger partial charge in [0.15, 0.2) is 5.78 Å². The third kappa shape index (κ3) is 2.79. The molecule has 2 N–H and O–H groups in total. The van der Waals surface area contributed by atoms with Crippen LogP contribution in [0.2, 0.25) is 0 Å². The average Bonchev–Trinajstić information content (AvgIpc) is 2.15. The summed E-state index contributed by atoms with van der Waals surface area (Å²) in [7, 11) is 0. The Morgan fingerprint density at radius 3 is 2.29 bits per heavy atom. The average molecular weight is 198 g/mol. The lowest BCUT2D eigenvalue weighted by Crippen LogP contribution is -2.48. The molecule has 0 saturated carbocycles. The van der Waals surface area contributed by atoms with Crippen LogP contribution in [0.3, 0.4) is 0 Å². The van der Waals surface area contributed by atoms with E-state index in [1.165, 1.54) is 0 Å². The fraction of sp³-hybridized carbons (Fsp3) is 0.909. The maximum absolute atomic E-state index is 11.9. The normalized spacial score (nSPS) is 21.1. The highest BCUT2D eigenvalue weighted by Crippen LogP contribution is 2.21. The van der Waals surface area contributed by atoms with Crippen molar-refractivity contribution in [3.8, 4) is 0 Å². The molecule has 0 unspecified atom stereocenters. The molecule has 0 aromatic heterocycles. The number of rotatable bonds is 3. The lowest BCUT2D eigenvalue weighted by molar-refractivity contribution is -0.128. The maximum atomic E-state index is 11.9. The van der Waals surface area contributed by atoms with Crippen LogP contribution in [0.5, 0.6) is 0 Å². The molecule has 0 aromatic rings. The van der Waals surface area contributed by atoms with Crippen molar-refractivity contribution in [2.75, 3.05) is 19.6 Å². The Bertz CT molecular complexity index is 200. The lowest BCUT2D eigenvalue weighted by Gasteiger charge is -2.33. The van der Waals surface area contributed by atoms with Crippen LogP contribution < -0.4 is 5.73 Å². The fourth-order valence-electron chi connectivity index (χ4n) is 2.04. The molecule has 0 bridgehead atoms. The molecule has 1 rings (SSSR count). The molecule has 1 aliphatic rings.